The number of thiazole rings is 1. The molecular formula is C28H30Cl2N2O5S. The van der Waals surface area contributed by atoms with Crippen molar-refractivity contribution in [3.63, 3.8) is 0 Å². The van der Waals surface area contributed by atoms with Crippen molar-refractivity contribution in [2.45, 2.75) is 46.1 Å². The Hall–Kier alpha value is -2.91. The predicted octanol–water partition coefficient (Wildman–Crippen LogP) is 8.13. The van der Waals surface area contributed by atoms with Crippen molar-refractivity contribution in [1.29, 1.82) is 0 Å². The fraction of sp³-hybridized carbons (Fsp3) is 0.321. The molecule has 7 nitrogen and oxygen atoms in total. The number of hydrogen-bond donors (Lipinski definition) is 2. The molecule has 2 N–H and O–H groups in total. The topological polar surface area (TPSA) is 97.8 Å². The summed E-state index contributed by atoms with van der Waals surface area (Å²) < 4.78 is 11.9. The maximum Gasteiger partial charge on any atom is 0.331 e. The lowest BCUT2D eigenvalue weighted by atomic mass is 10.0. The van der Waals surface area contributed by atoms with E-state index in [1.54, 1.807) is 7.11 Å². The molecule has 0 spiro atoms. The minimum absolute atomic E-state index is 0.0681. The quantitative estimate of drug-likeness (QED) is 0.167. The number of unbranched alkanes of at least 4 members (excludes halogenated alkanes) is 1. The van der Waals surface area contributed by atoms with Crippen LogP contribution in [0.3, 0.4) is 0 Å². The van der Waals surface area contributed by atoms with Crippen molar-refractivity contribution in [3.8, 4) is 17.0 Å². The number of rotatable bonds is 12. The van der Waals surface area contributed by atoms with E-state index in [9.17, 15) is 9.59 Å². The highest BCUT2D eigenvalue weighted by Gasteiger charge is 2.21. The monoisotopic (exact) mass is 576 g/mol. The first-order chi connectivity index (χ1) is 18.2. The zero-order chi connectivity index (χ0) is 27.8. The van der Waals surface area contributed by atoms with Crippen LogP contribution in [0.4, 0.5) is 5.13 Å². The Bertz CT molecular complexity index is 1320. The largest absolute Gasteiger partial charge is 0.496 e. The average molecular weight is 578 g/mol. The summed E-state index contributed by atoms with van der Waals surface area (Å²) in [7, 11) is 1.63. The van der Waals surface area contributed by atoms with Gasteiger partial charge in [0.2, 0.25) is 0 Å². The molecular weight excluding hydrogens is 547 g/mol. The fourth-order valence-corrected chi connectivity index (χ4v) is 5.09. The average Bonchev–Trinajstić information content (AvgIpc) is 3.36. The molecule has 0 aliphatic rings. The van der Waals surface area contributed by atoms with Crippen LogP contribution < -0.4 is 10.1 Å². The zero-order valence-corrected chi connectivity index (χ0v) is 24.0. The molecule has 38 heavy (non-hydrogen) atoms. The molecule has 1 aromatic heterocycles. The minimum atomic E-state index is -1.09. The molecule has 2 aromatic carbocycles. The first kappa shape index (κ1) is 29.6. The van der Waals surface area contributed by atoms with Gasteiger partial charge in [-0.15, -0.1) is 11.3 Å². The van der Waals surface area contributed by atoms with Crippen molar-refractivity contribution in [1.82, 2.24) is 4.98 Å². The summed E-state index contributed by atoms with van der Waals surface area (Å²) in [5, 5.41) is 14.4. The van der Waals surface area contributed by atoms with Crippen LogP contribution >= 0.6 is 34.5 Å². The Balaban J connectivity index is 1.84. The molecule has 0 aliphatic carbocycles. The number of aromatic nitrogens is 1. The number of benzene rings is 2. The van der Waals surface area contributed by atoms with Gasteiger partial charge in [0.05, 0.1) is 29.0 Å². The van der Waals surface area contributed by atoms with E-state index in [4.69, 9.17) is 37.8 Å². The molecule has 0 radical (unpaired) electrons. The molecule has 3 rings (SSSR count). The zero-order valence-electron chi connectivity index (χ0n) is 21.6. The maximum atomic E-state index is 12.9. The summed E-state index contributed by atoms with van der Waals surface area (Å²) in [5.74, 6) is -0.843. The van der Waals surface area contributed by atoms with Gasteiger partial charge in [-0.25, -0.2) is 9.78 Å². The SMILES string of the molecule is CCCCO[C@@H](CC)c1cccc(-c2csc(NC(=O)c3cc(Cl)c(/C=C(\C)C(=O)O)c(Cl)c3)n2)c1OC. The van der Waals surface area contributed by atoms with Crippen LogP contribution in [0.5, 0.6) is 5.75 Å². The van der Waals surface area contributed by atoms with E-state index in [2.05, 4.69) is 24.1 Å². The van der Waals surface area contributed by atoms with E-state index in [0.29, 0.717) is 28.7 Å². The molecule has 1 atom stereocenters. The Labute approximate surface area is 236 Å². The van der Waals surface area contributed by atoms with Gasteiger partial charge in [0.25, 0.3) is 5.91 Å². The van der Waals surface area contributed by atoms with Crippen molar-refractivity contribution in [2.75, 3.05) is 19.0 Å². The summed E-state index contributed by atoms with van der Waals surface area (Å²) in [6.07, 6.45) is 4.12. The van der Waals surface area contributed by atoms with Gasteiger partial charge in [0.1, 0.15) is 5.75 Å². The van der Waals surface area contributed by atoms with E-state index >= 15 is 0 Å². The van der Waals surface area contributed by atoms with Crippen molar-refractivity contribution < 1.29 is 24.2 Å². The number of carbonyl (C=O) groups excluding carboxylic acids is 1. The molecule has 1 heterocycles. The smallest absolute Gasteiger partial charge is 0.331 e. The van der Waals surface area contributed by atoms with Gasteiger partial charge in [0, 0.05) is 39.8 Å². The normalized spacial score (nSPS) is 12.3. The van der Waals surface area contributed by atoms with Gasteiger partial charge in [-0.05, 0) is 44.0 Å². The van der Waals surface area contributed by atoms with Crippen LogP contribution in [-0.2, 0) is 9.53 Å². The number of carbonyl (C=O) groups is 2. The molecule has 10 heteroatoms. The standard InChI is InChI=1S/C28H30Cl2N2O5S/c1-5-7-11-37-24(6-2)19-10-8-9-18(25(19)36-4)23-15-38-28(31-23)32-26(33)17-13-21(29)20(22(30)14-17)12-16(3)27(34)35/h8-10,12-15,24H,5-7,11H2,1-4H3,(H,34,35)(H,31,32,33)/b16-12+/t24-/m0/s1. The lowest BCUT2D eigenvalue weighted by Gasteiger charge is -2.20. The number of carboxylic acid groups (broad SMARTS) is 1. The molecule has 0 fully saturated rings. The van der Waals surface area contributed by atoms with Crippen LogP contribution in [0.2, 0.25) is 10.0 Å². The summed E-state index contributed by atoms with van der Waals surface area (Å²) in [6.45, 7) is 6.32. The number of hydrogen-bond acceptors (Lipinski definition) is 6. The number of anilines is 1. The van der Waals surface area contributed by atoms with E-state index in [0.717, 1.165) is 30.4 Å². The number of para-hydroxylation sites is 1. The van der Waals surface area contributed by atoms with Crippen LogP contribution in [0.15, 0.2) is 41.3 Å². The van der Waals surface area contributed by atoms with Crippen molar-refractivity contribution in [3.05, 3.63) is 68.0 Å². The predicted molar refractivity (Wildman–Crippen MR) is 154 cm³/mol. The summed E-state index contributed by atoms with van der Waals surface area (Å²) in [6, 6.07) is 8.75. The first-order valence-electron chi connectivity index (χ1n) is 12.2. The molecule has 0 saturated carbocycles. The lowest BCUT2D eigenvalue weighted by molar-refractivity contribution is -0.132. The van der Waals surface area contributed by atoms with Gasteiger partial charge in [-0.1, -0.05) is 55.6 Å². The van der Waals surface area contributed by atoms with Crippen LogP contribution in [-0.4, -0.2) is 35.7 Å². The summed E-state index contributed by atoms with van der Waals surface area (Å²) in [5.41, 5.74) is 3.04. The third kappa shape index (κ3) is 7.14. The second kappa shape index (κ2) is 13.8. The molecule has 0 unspecified atom stereocenters. The van der Waals surface area contributed by atoms with Gasteiger partial charge in [0.15, 0.2) is 5.13 Å². The number of halogens is 2. The summed E-state index contributed by atoms with van der Waals surface area (Å²) >= 11 is 13.9. The van der Waals surface area contributed by atoms with E-state index in [-0.39, 0.29) is 27.3 Å². The Morgan fingerprint density at radius 3 is 2.53 bits per heavy atom. The third-order valence-corrected chi connectivity index (χ3v) is 7.21. The highest BCUT2D eigenvalue weighted by atomic mass is 35.5. The second-order valence-corrected chi connectivity index (χ2v) is 10.2. The maximum absolute atomic E-state index is 12.9. The lowest BCUT2D eigenvalue weighted by Crippen LogP contribution is -2.12. The number of methoxy groups -OCH3 is 1. The first-order valence-corrected chi connectivity index (χ1v) is 13.8. The minimum Gasteiger partial charge on any atom is -0.496 e. The fourth-order valence-electron chi connectivity index (χ4n) is 3.79. The number of amides is 1. The molecule has 1 amide bonds. The van der Waals surface area contributed by atoms with Crippen molar-refractivity contribution in [2.24, 2.45) is 0 Å². The molecule has 0 bridgehead atoms. The Kier molecular flexibility index (Phi) is 10.7. The Morgan fingerprint density at radius 1 is 1.21 bits per heavy atom. The van der Waals surface area contributed by atoms with Crippen LogP contribution in [0.25, 0.3) is 17.3 Å². The van der Waals surface area contributed by atoms with Gasteiger partial charge >= 0.3 is 5.97 Å². The van der Waals surface area contributed by atoms with E-state index in [1.165, 1.54) is 36.5 Å². The second-order valence-electron chi connectivity index (χ2n) is 8.53. The number of ether oxygens (including phenoxy) is 2. The van der Waals surface area contributed by atoms with Gasteiger partial charge in [-0.2, -0.15) is 0 Å². The van der Waals surface area contributed by atoms with Gasteiger partial charge < -0.3 is 14.6 Å². The van der Waals surface area contributed by atoms with E-state index < -0.39 is 11.9 Å². The number of nitrogens with zero attached hydrogens (tertiary/aromatic N) is 1. The molecule has 3 aromatic rings. The van der Waals surface area contributed by atoms with E-state index in [1.807, 2.05) is 23.6 Å². The molecule has 202 valence electrons. The third-order valence-electron chi connectivity index (χ3n) is 5.82. The van der Waals surface area contributed by atoms with Crippen molar-refractivity contribution >= 4 is 57.6 Å². The Morgan fingerprint density at radius 2 is 1.92 bits per heavy atom. The molecule has 0 saturated heterocycles. The van der Waals surface area contributed by atoms with Crippen LogP contribution in [0, 0.1) is 0 Å². The highest BCUT2D eigenvalue weighted by molar-refractivity contribution is 7.14. The number of aliphatic carboxylic acids is 1. The van der Waals surface area contributed by atoms with Gasteiger partial charge in [-0.3, -0.25) is 10.1 Å². The number of nitrogens with one attached hydrogen (secondary N) is 1. The summed E-state index contributed by atoms with van der Waals surface area (Å²) in [4.78, 5) is 28.7. The highest BCUT2D eigenvalue weighted by Crippen LogP contribution is 2.39. The number of carboxylic acids is 1. The molecule has 0 aliphatic heterocycles. The van der Waals surface area contributed by atoms with Crippen LogP contribution in [0.1, 0.15) is 67.6 Å².